The van der Waals surface area contributed by atoms with Crippen LogP contribution in [-0.2, 0) is 14.4 Å². The Morgan fingerprint density at radius 1 is 0.440 bits per heavy atom. The number of carboxylic acids is 3. The van der Waals surface area contributed by atoms with E-state index in [9.17, 15) is 29.7 Å². The van der Waals surface area contributed by atoms with Crippen molar-refractivity contribution in [3.63, 3.8) is 0 Å². The van der Waals surface area contributed by atoms with Crippen molar-refractivity contribution in [2.75, 3.05) is 0 Å². The van der Waals surface area contributed by atoms with Crippen LogP contribution in [0.2, 0.25) is 0 Å². The third-order valence-corrected chi connectivity index (χ3v) is 3.17. The average molecular weight is 366 g/mol. The molecule has 0 heterocycles. The molecule has 0 amide bonds. The maximum atomic E-state index is 9.97. The molecule has 0 aliphatic heterocycles. The molecule has 0 aliphatic rings. The summed E-state index contributed by atoms with van der Waals surface area (Å²) in [5, 5.41) is 29.9. The molecule has 0 aliphatic carbocycles. The molecular weight excluding hydrogens is 339 g/mol. The summed E-state index contributed by atoms with van der Waals surface area (Å²) < 4.78 is 0. The molecule has 7 heteroatoms. The Balaban J connectivity index is -0.000000130. The number of carbonyl (C=O) groups excluding carboxylic acids is 3. The van der Waals surface area contributed by atoms with Gasteiger partial charge < -0.3 is 29.7 Å². The summed E-state index contributed by atoms with van der Waals surface area (Å²) in [6.45, 7) is 15.0. The van der Waals surface area contributed by atoms with E-state index in [1.54, 1.807) is 41.5 Å². The molecule has 0 aromatic heterocycles. The predicted molar refractivity (Wildman–Crippen MR) is 92.9 cm³/mol. The van der Waals surface area contributed by atoms with Crippen molar-refractivity contribution in [2.45, 2.75) is 62.3 Å². The molecule has 0 saturated carbocycles. The van der Waals surface area contributed by atoms with Gasteiger partial charge in [-0.25, -0.2) is 0 Å². The number of hydrogen-bond acceptors (Lipinski definition) is 6. The van der Waals surface area contributed by atoms with Crippen molar-refractivity contribution in [3.8, 4) is 0 Å². The van der Waals surface area contributed by atoms with E-state index in [2.05, 4.69) is 0 Å². The third-order valence-electron chi connectivity index (χ3n) is 3.17. The Hall–Kier alpha value is -1.84. The summed E-state index contributed by atoms with van der Waals surface area (Å²) in [5.41, 5.74) is 3.36. The molecule has 0 radical (unpaired) electrons. The van der Waals surface area contributed by atoms with Crippen LogP contribution < -0.4 is 15.3 Å². The van der Waals surface area contributed by atoms with E-state index in [-0.39, 0.29) is 17.4 Å². The minimum atomic E-state index is -1.08. The van der Waals surface area contributed by atoms with Crippen LogP contribution in [0.5, 0.6) is 0 Å². The average Bonchev–Trinajstić information content (AvgIpc) is 2.45. The molecular formula is C18H27AlO6. The quantitative estimate of drug-likeness (QED) is 0.508. The summed E-state index contributed by atoms with van der Waals surface area (Å²) >= 11 is 0. The number of hydrogen-bond donors (Lipinski definition) is 0. The molecule has 0 aromatic rings. The second-order valence-electron chi connectivity index (χ2n) is 5.74. The van der Waals surface area contributed by atoms with Crippen LogP contribution >= 0.6 is 0 Å². The van der Waals surface area contributed by atoms with Gasteiger partial charge in [0.2, 0.25) is 0 Å². The third kappa shape index (κ3) is 18.3. The molecule has 0 saturated heterocycles. The maximum absolute atomic E-state index is 9.97. The molecule has 138 valence electrons. The summed E-state index contributed by atoms with van der Waals surface area (Å²) in [5.74, 6) is -3.24. The molecule has 0 rings (SSSR count). The SMILES string of the molecule is CC(C)=C(C)C(=O)[O-].CC(C)=C(C)C(=O)[O-].CC(C)=C(C)C(=O)[O-].[Al+3]. The van der Waals surface area contributed by atoms with Gasteiger partial charge in [0.1, 0.15) is 0 Å². The van der Waals surface area contributed by atoms with Gasteiger partial charge in [-0.2, -0.15) is 0 Å². The first kappa shape index (κ1) is 31.0. The van der Waals surface area contributed by atoms with Gasteiger partial charge in [0.15, 0.2) is 0 Å². The fraction of sp³-hybridized carbons (Fsp3) is 0.500. The standard InChI is InChI=1S/3C6H10O2.Al/c3*1-4(2)5(3)6(7)8;/h3*1-3H3,(H,7,8);/q;;;+3/p-3. The number of carbonyl (C=O) groups is 3. The van der Waals surface area contributed by atoms with Crippen molar-refractivity contribution in [1.29, 1.82) is 0 Å². The fourth-order valence-electron chi connectivity index (χ4n) is 0.612. The topological polar surface area (TPSA) is 120 Å². The van der Waals surface area contributed by atoms with E-state index in [4.69, 9.17) is 0 Å². The molecule has 0 aromatic carbocycles. The first-order chi connectivity index (χ1) is 10.7. The smallest absolute Gasteiger partial charge is 0.545 e. The minimum Gasteiger partial charge on any atom is -0.545 e. The molecule has 0 unspecified atom stereocenters. The predicted octanol–water partition coefficient (Wildman–Crippen LogP) is -0.103. The number of allylic oxidation sites excluding steroid dienone is 3. The number of aliphatic carboxylic acids is 3. The van der Waals surface area contributed by atoms with Gasteiger partial charge in [-0.3, -0.25) is 0 Å². The number of rotatable bonds is 3. The first-order valence-electron chi connectivity index (χ1n) is 7.22. The molecule has 25 heavy (non-hydrogen) atoms. The Morgan fingerprint density at radius 2 is 0.560 bits per heavy atom. The van der Waals surface area contributed by atoms with Crippen molar-refractivity contribution in [1.82, 2.24) is 0 Å². The molecule has 0 bridgehead atoms. The van der Waals surface area contributed by atoms with E-state index in [0.717, 1.165) is 16.7 Å². The maximum Gasteiger partial charge on any atom is 3.00 e. The first-order valence-corrected chi connectivity index (χ1v) is 7.22. The second kappa shape index (κ2) is 15.7. The zero-order chi connectivity index (χ0) is 20.2. The Kier molecular flexibility index (Phi) is 19.4. The van der Waals surface area contributed by atoms with Crippen LogP contribution in [0.1, 0.15) is 62.3 Å². The molecule has 0 atom stereocenters. The summed E-state index contributed by atoms with van der Waals surface area (Å²) in [7, 11) is 0. The summed E-state index contributed by atoms with van der Waals surface area (Å²) in [6, 6.07) is 0. The van der Waals surface area contributed by atoms with Crippen molar-refractivity contribution >= 4 is 35.3 Å². The Morgan fingerprint density at radius 3 is 0.560 bits per heavy atom. The zero-order valence-corrected chi connectivity index (χ0v) is 17.7. The van der Waals surface area contributed by atoms with Crippen LogP contribution in [-0.4, -0.2) is 35.3 Å². The van der Waals surface area contributed by atoms with E-state index in [1.807, 2.05) is 0 Å². The molecule has 6 nitrogen and oxygen atoms in total. The minimum absolute atomic E-state index is 0. The van der Waals surface area contributed by atoms with E-state index in [1.165, 1.54) is 20.8 Å². The van der Waals surface area contributed by atoms with Crippen molar-refractivity contribution in [2.24, 2.45) is 0 Å². The van der Waals surface area contributed by atoms with Crippen LogP contribution in [0.4, 0.5) is 0 Å². The van der Waals surface area contributed by atoms with Crippen LogP contribution in [0, 0.1) is 0 Å². The van der Waals surface area contributed by atoms with Gasteiger partial charge in [0.05, 0.1) is 17.9 Å². The molecule has 0 fully saturated rings. The normalized spacial score (nSPS) is 8.04. The van der Waals surface area contributed by atoms with Gasteiger partial charge in [-0.15, -0.1) is 0 Å². The van der Waals surface area contributed by atoms with Crippen LogP contribution in [0.25, 0.3) is 0 Å². The summed E-state index contributed by atoms with van der Waals surface area (Å²) in [4.78, 5) is 29.9. The summed E-state index contributed by atoms with van der Waals surface area (Å²) in [6.07, 6.45) is 0. The Bertz CT molecular complexity index is 475. The van der Waals surface area contributed by atoms with E-state index in [0.29, 0.717) is 16.7 Å². The van der Waals surface area contributed by atoms with Crippen LogP contribution in [0.15, 0.2) is 33.4 Å². The zero-order valence-electron chi connectivity index (χ0n) is 16.5. The molecule has 0 spiro atoms. The Labute approximate surface area is 161 Å². The monoisotopic (exact) mass is 366 g/mol. The van der Waals surface area contributed by atoms with E-state index >= 15 is 0 Å². The van der Waals surface area contributed by atoms with Crippen molar-refractivity contribution < 1.29 is 29.7 Å². The van der Waals surface area contributed by atoms with Gasteiger partial charge in [0, 0.05) is 0 Å². The largest absolute Gasteiger partial charge is 3.00 e. The fourth-order valence-corrected chi connectivity index (χ4v) is 0.612. The van der Waals surface area contributed by atoms with Gasteiger partial charge in [0.25, 0.3) is 0 Å². The van der Waals surface area contributed by atoms with Crippen LogP contribution in [0.3, 0.4) is 0 Å². The van der Waals surface area contributed by atoms with E-state index < -0.39 is 17.9 Å². The van der Waals surface area contributed by atoms with Gasteiger partial charge in [-0.05, 0) is 79.0 Å². The molecule has 0 N–H and O–H groups in total. The second-order valence-corrected chi connectivity index (χ2v) is 5.74. The van der Waals surface area contributed by atoms with Gasteiger partial charge in [-0.1, -0.05) is 16.7 Å². The van der Waals surface area contributed by atoms with Crippen molar-refractivity contribution in [3.05, 3.63) is 33.4 Å². The van der Waals surface area contributed by atoms with Gasteiger partial charge >= 0.3 is 17.4 Å². The number of carboxylic acid groups (broad SMARTS) is 3.